The lowest BCUT2D eigenvalue weighted by Crippen LogP contribution is -2.24. The minimum atomic E-state index is 0.205. The third-order valence-electron chi connectivity index (χ3n) is 3.09. The van der Waals surface area contributed by atoms with E-state index in [9.17, 15) is 0 Å². The summed E-state index contributed by atoms with van der Waals surface area (Å²) in [6.45, 7) is 4.41. The average molecular weight is 214 g/mol. The van der Waals surface area contributed by atoms with Gasteiger partial charge in [0.2, 0.25) is 0 Å². The highest BCUT2D eigenvalue weighted by Crippen LogP contribution is 2.20. The zero-order chi connectivity index (χ0) is 10.5. The molecule has 0 bridgehead atoms. The van der Waals surface area contributed by atoms with Crippen LogP contribution in [0.3, 0.4) is 0 Å². The van der Waals surface area contributed by atoms with Crippen molar-refractivity contribution in [3.63, 3.8) is 0 Å². The van der Waals surface area contributed by atoms with Crippen molar-refractivity contribution in [2.24, 2.45) is 0 Å². The van der Waals surface area contributed by atoms with Crippen LogP contribution in [0.2, 0.25) is 0 Å². The van der Waals surface area contributed by atoms with Gasteiger partial charge in [0.15, 0.2) is 0 Å². The Bertz CT molecular complexity index is 174. The molecule has 0 aromatic rings. The number of hydrogen-bond acceptors (Lipinski definition) is 3. The molecule has 1 aliphatic heterocycles. The van der Waals surface area contributed by atoms with Crippen LogP contribution < -0.4 is 0 Å². The van der Waals surface area contributed by atoms with Crippen molar-refractivity contribution in [2.45, 2.75) is 57.3 Å². The van der Waals surface area contributed by atoms with Crippen molar-refractivity contribution in [1.29, 1.82) is 0 Å². The van der Waals surface area contributed by atoms with E-state index < -0.39 is 0 Å². The van der Waals surface area contributed by atoms with Gasteiger partial charge in [0.1, 0.15) is 6.10 Å². The van der Waals surface area contributed by atoms with Crippen LogP contribution >= 0.6 is 0 Å². The summed E-state index contributed by atoms with van der Waals surface area (Å²) in [6.07, 6.45) is 7.56. The Balaban J connectivity index is 1.50. The van der Waals surface area contributed by atoms with Crippen LogP contribution in [0, 0.1) is 0 Å². The molecule has 1 saturated carbocycles. The first-order valence-electron chi connectivity index (χ1n) is 6.19. The van der Waals surface area contributed by atoms with Gasteiger partial charge < -0.3 is 14.2 Å². The van der Waals surface area contributed by atoms with Crippen LogP contribution in [0.5, 0.6) is 0 Å². The summed E-state index contributed by atoms with van der Waals surface area (Å²) in [5.41, 5.74) is 0. The van der Waals surface area contributed by atoms with Crippen molar-refractivity contribution >= 4 is 0 Å². The van der Waals surface area contributed by atoms with E-state index in [2.05, 4.69) is 6.92 Å². The molecule has 2 rings (SSSR count). The second kappa shape index (κ2) is 5.83. The van der Waals surface area contributed by atoms with Gasteiger partial charge in [0.25, 0.3) is 0 Å². The molecule has 1 heterocycles. The second-order valence-corrected chi connectivity index (χ2v) is 4.69. The lowest BCUT2D eigenvalue weighted by Gasteiger charge is -2.23. The molecule has 2 unspecified atom stereocenters. The molecule has 2 fully saturated rings. The predicted molar refractivity (Wildman–Crippen MR) is 58.0 cm³/mol. The quantitative estimate of drug-likeness (QED) is 0.635. The van der Waals surface area contributed by atoms with E-state index in [4.69, 9.17) is 14.2 Å². The maximum Gasteiger partial charge on any atom is 0.104 e. The van der Waals surface area contributed by atoms with E-state index in [1.54, 1.807) is 0 Å². The van der Waals surface area contributed by atoms with Gasteiger partial charge in [-0.25, -0.2) is 0 Å². The van der Waals surface area contributed by atoms with Crippen LogP contribution in [0.25, 0.3) is 0 Å². The maximum absolute atomic E-state index is 5.83. The van der Waals surface area contributed by atoms with Gasteiger partial charge in [0.05, 0.1) is 32.0 Å². The fourth-order valence-electron chi connectivity index (χ4n) is 1.99. The molecule has 0 radical (unpaired) electrons. The summed E-state index contributed by atoms with van der Waals surface area (Å²) >= 11 is 0. The third kappa shape index (κ3) is 4.49. The summed E-state index contributed by atoms with van der Waals surface area (Å²) < 4.78 is 16.5. The van der Waals surface area contributed by atoms with Gasteiger partial charge in [-0.3, -0.25) is 0 Å². The van der Waals surface area contributed by atoms with Crippen molar-refractivity contribution in [3.8, 4) is 0 Å². The normalized spacial score (nSPS) is 29.0. The molecule has 2 atom stereocenters. The van der Waals surface area contributed by atoms with Gasteiger partial charge in [-0.15, -0.1) is 0 Å². The number of epoxide rings is 1. The minimum Gasteiger partial charge on any atom is -0.376 e. The van der Waals surface area contributed by atoms with Gasteiger partial charge >= 0.3 is 0 Å². The van der Waals surface area contributed by atoms with E-state index in [0.29, 0.717) is 12.2 Å². The Morgan fingerprint density at radius 3 is 2.67 bits per heavy atom. The molecule has 1 saturated heterocycles. The lowest BCUT2D eigenvalue weighted by atomic mass is 9.98. The van der Waals surface area contributed by atoms with Gasteiger partial charge in [0, 0.05) is 0 Å². The molecule has 0 N–H and O–H groups in total. The summed E-state index contributed by atoms with van der Waals surface area (Å²) in [6, 6.07) is 0. The van der Waals surface area contributed by atoms with E-state index in [0.717, 1.165) is 19.8 Å². The molecule has 1 aliphatic carbocycles. The molecule has 3 nitrogen and oxygen atoms in total. The smallest absolute Gasteiger partial charge is 0.104 e. The van der Waals surface area contributed by atoms with Crippen LogP contribution in [0.4, 0.5) is 0 Å². The van der Waals surface area contributed by atoms with Crippen molar-refractivity contribution in [3.05, 3.63) is 0 Å². The van der Waals surface area contributed by atoms with Crippen LogP contribution in [0.1, 0.15) is 39.0 Å². The van der Waals surface area contributed by atoms with E-state index in [-0.39, 0.29) is 6.10 Å². The molecule has 0 aromatic carbocycles. The van der Waals surface area contributed by atoms with Crippen LogP contribution in [0.15, 0.2) is 0 Å². The first-order valence-corrected chi connectivity index (χ1v) is 6.19. The lowest BCUT2D eigenvalue weighted by molar-refractivity contribution is -0.0489. The molecular weight excluding hydrogens is 192 g/mol. The third-order valence-corrected chi connectivity index (χ3v) is 3.09. The van der Waals surface area contributed by atoms with E-state index in [1.165, 1.54) is 32.1 Å². The monoisotopic (exact) mass is 214 g/mol. The zero-order valence-corrected chi connectivity index (χ0v) is 9.61. The number of hydrogen-bond donors (Lipinski definition) is 0. The number of rotatable bonds is 6. The highest BCUT2D eigenvalue weighted by molar-refractivity contribution is 4.69. The Hall–Kier alpha value is -0.120. The second-order valence-electron chi connectivity index (χ2n) is 4.69. The van der Waals surface area contributed by atoms with Crippen molar-refractivity contribution in [2.75, 3.05) is 19.8 Å². The number of ether oxygens (including phenoxy) is 3. The molecule has 0 spiro atoms. The highest BCUT2D eigenvalue weighted by Gasteiger charge is 2.23. The van der Waals surface area contributed by atoms with E-state index in [1.807, 2.05) is 0 Å². The zero-order valence-electron chi connectivity index (χ0n) is 9.61. The SMILES string of the molecule is CC(COC1CCCCC1)OCC1CO1. The summed E-state index contributed by atoms with van der Waals surface area (Å²) in [7, 11) is 0. The highest BCUT2D eigenvalue weighted by atomic mass is 16.6. The largest absolute Gasteiger partial charge is 0.376 e. The fourth-order valence-corrected chi connectivity index (χ4v) is 1.99. The van der Waals surface area contributed by atoms with Crippen LogP contribution in [-0.2, 0) is 14.2 Å². The first-order chi connectivity index (χ1) is 7.34. The van der Waals surface area contributed by atoms with Crippen molar-refractivity contribution < 1.29 is 14.2 Å². The predicted octanol–water partition coefficient (Wildman–Crippen LogP) is 2.14. The van der Waals surface area contributed by atoms with E-state index >= 15 is 0 Å². The molecule has 2 aliphatic rings. The Morgan fingerprint density at radius 2 is 2.00 bits per heavy atom. The van der Waals surface area contributed by atoms with Crippen LogP contribution in [-0.4, -0.2) is 38.1 Å². The van der Waals surface area contributed by atoms with Crippen molar-refractivity contribution in [1.82, 2.24) is 0 Å². The fraction of sp³-hybridized carbons (Fsp3) is 1.00. The van der Waals surface area contributed by atoms with Gasteiger partial charge in [-0.2, -0.15) is 0 Å². The minimum absolute atomic E-state index is 0.205. The average Bonchev–Trinajstić information content (AvgIpc) is 3.09. The maximum atomic E-state index is 5.83. The summed E-state index contributed by atoms with van der Waals surface area (Å²) in [4.78, 5) is 0. The molecule has 0 amide bonds. The Morgan fingerprint density at radius 1 is 1.27 bits per heavy atom. The Labute approximate surface area is 92.1 Å². The molecule has 88 valence electrons. The summed E-state index contributed by atoms with van der Waals surface area (Å²) in [5.74, 6) is 0. The molecule has 0 aromatic heterocycles. The summed E-state index contributed by atoms with van der Waals surface area (Å²) in [5, 5.41) is 0. The molecule has 3 heteroatoms. The Kier molecular flexibility index (Phi) is 4.42. The molecular formula is C12H22O3. The van der Waals surface area contributed by atoms with Gasteiger partial charge in [-0.1, -0.05) is 19.3 Å². The topological polar surface area (TPSA) is 31.0 Å². The first kappa shape index (κ1) is 11.4. The molecule has 15 heavy (non-hydrogen) atoms. The van der Waals surface area contributed by atoms with Gasteiger partial charge in [-0.05, 0) is 19.8 Å². The standard InChI is InChI=1S/C12H22O3/c1-10(13-8-12-9-15-12)7-14-11-5-3-2-4-6-11/h10-12H,2-9H2,1H3.